The smallest absolute Gasteiger partial charge is 0.219 e. The first-order valence-corrected chi connectivity index (χ1v) is 11.3. The second-order valence-corrected chi connectivity index (χ2v) is 8.37. The fourth-order valence-corrected chi connectivity index (χ4v) is 4.17. The fourth-order valence-electron chi connectivity index (χ4n) is 3.94. The van der Waals surface area contributed by atoms with Crippen LogP contribution in [-0.2, 0) is 24.1 Å². The molecule has 31 heavy (non-hydrogen) atoms. The molecule has 0 radical (unpaired) electrons. The van der Waals surface area contributed by atoms with E-state index in [1.165, 1.54) is 11.1 Å². The molecule has 1 N–H and O–H groups in total. The minimum Gasteiger partial charge on any atom is -0.342 e. The van der Waals surface area contributed by atoms with Gasteiger partial charge in [-0.25, -0.2) is 0 Å². The summed E-state index contributed by atoms with van der Waals surface area (Å²) in [6, 6.07) is 14.0. The minimum absolute atomic E-state index is 0. The van der Waals surface area contributed by atoms with Crippen LogP contribution in [0.15, 0.2) is 42.5 Å². The lowest BCUT2D eigenvalue weighted by Crippen LogP contribution is -2.30. The Bertz CT molecular complexity index is 886. The Balaban J connectivity index is 0.00000341. The van der Waals surface area contributed by atoms with Gasteiger partial charge in [0, 0.05) is 37.0 Å². The zero-order chi connectivity index (χ0) is 21.3. The standard InChI is InChI=1S/C25H31ClN2O2.ClH/c1-19(29)28-16-12-20-9-10-23(18-22(20)13-17-28)25(30)8-4-5-14-27-15-11-21-6-2-3-7-24(21)26;/h2-3,6-7,9-10,18,27H,4-5,8,11-17H2,1H3;1H. The second-order valence-electron chi connectivity index (χ2n) is 7.96. The number of ketones is 1. The summed E-state index contributed by atoms with van der Waals surface area (Å²) in [5, 5.41) is 4.25. The molecule has 0 aliphatic carbocycles. The molecule has 0 unspecified atom stereocenters. The van der Waals surface area contributed by atoms with E-state index in [0.717, 1.165) is 74.4 Å². The van der Waals surface area contributed by atoms with Gasteiger partial charge in [0.2, 0.25) is 5.91 Å². The average Bonchev–Trinajstić information content (AvgIpc) is 2.96. The number of benzene rings is 2. The molecule has 0 bridgehead atoms. The predicted molar refractivity (Wildman–Crippen MR) is 130 cm³/mol. The number of hydrogen-bond acceptors (Lipinski definition) is 3. The largest absolute Gasteiger partial charge is 0.342 e. The van der Waals surface area contributed by atoms with Crippen LogP contribution in [0, 0.1) is 0 Å². The number of nitrogens with one attached hydrogen (secondary N) is 1. The maximum atomic E-state index is 12.6. The van der Waals surface area contributed by atoms with E-state index >= 15 is 0 Å². The maximum absolute atomic E-state index is 12.6. The van der Waals surface area contributed by atoms with Gasteiger partial charge in [0.25, 0.3) is 0 Å². The van der Waals surface area contributed by atoms with Gasteiger partial charge < -0.3 is 10.2 Å². The number of carbonyl (C=O) groups is 2. The molecule has 0 fully saturated rings. The summed E-state index contributed by atoms with van der Waals surface area (Å²) in [7, 11) is 0. The summed E-state index contributed by atoms with van der Waals surface area (Å²) in [5.74, 6) is 0.334. The van der Waals surface area contributed by atoms with Crippen molar-refractivity contribution in [2.75, 3.05) is 26.2 Å². The van der Waals surface area contributed by atoms with Crippen LogP contribution in [0.5, 0.6) is 0 Å². The molecular weight excluding hydrogens is 431 g/mol. The maximum Gasteiger partial charge on any atom is 0.219 e. The molecule has 4 nitrogen and oxygen atoms in total. The number of halogens is 2. The Labute approximate surface area is 196 Å². The summed E-state index contributed by atoms with van der Waals surface area (Å²) in [5.41, 5.74) is 4.44. The molecule has 6 heteroatoms. The van der Waals surface area contributed by atoms with Crippen LogP contribution in [0.2, 0.25) is 5.02 Å². The lowest BCUT2D eigenvalue weighted by Gasteiger charge is -2.17. The van der Waals surface area contributed by atoms with Crippen molar-refractivity contribution in [2.45, 2.75) is 45.4 Å². The van der Waals surface area contributed by atoms with Crippen molar-refractivity contribution in [2.24, 2.45) is 0 Å². The van der Waals surface area contributed by atoms with E-state index in [1.54, 1.807) is 6.92 Å². The fraction of sp³-hybridized carbons (Fsp3) is 0.440. The van der Waals surface area contributed by atoms with Gasteiger partial charge in [0.05, 0.1) is 0 Å². The van der Waals surface area contributed by atoms with Crippen molar-refractivity contribution in [3.8, 4) is 0 Å². The highest BCUT2D eigenvalue weighted by Gasteiger charge is 2.17. The number of unbranched alkanes of at least 4 members (excludes halogenated alkanes) is 1. The normalized spacial score (nSPS) is 13.2. The van der Waals surface area contributed by atoms with E-state index in [2.05, 4.69) is 17.4 Å². The first-order valence-electron chi connectivity index (χ1n) is 10.9. The number of rotatable bonds is 9. The predicted octanol–water partition coefficient (Wildman–Crippen LogP) is 4.89. The van der Waals surface area contributed by atoms with Gasteiger partial charge >= 0.3 is 0 Å². The molecular formula is C25H32Cl2N2O2. The Kier molecular flexibility index (Phi) is 10.5. The molecule has 0 saturated heterocycles. The van der Waals surface area contributed by atoms with Gasteiger partial charge in [0.15, 0.2) is 5.78 Å². The second kappa shape index (κ2) is 12.8. The summed E-state index contributed by atoms with van der Waals surface area (Å²) < 4.78 is 0. The third kappa shape index (κ3) is 7.64. The van der Waals surface area contributed by atoms with Crippen LogP contribution in [0.25, 0.3) is 0 Å². The highest BCUT2D eigenvalue weighted by atomic mass is 35.5. The lowest BCUT2D eigenvalue weighted by molar-refractivity contribution is -0.128. The van der Waals surface area contributed by atoms with Gasteiger partial charge in [-0.1, -0.05) is 41.9 Å². The van der Waals surface area contributed by atoms with Gasteiger partial charge in [-0.2, -0.15) is 0 Å². The Morgan fingerprint density at radius 3 is 2.48 bits per heavy atom. The number of Topliss-reactive ketones (excluding diaryl/α,β-unsaturated/α-hetero) is 1. The topological polar surface area (TPSA) is 49.4 Å². The molecule has 1 aliphatic heterocycles. The van der Waals surface area contributed by atoms with Crippen molar-refractivity contribution in [3.63, 3.8) is 0 Å². The third-order valence-corrected chi connectivity index (χ3v) is 6.18. The third-order valence-electron chi connectivity index (χ3n) is 5.81. The zero-order valence-electron chi connectivity index (χ0n) is 18.2. The zero-order valence-corrected chi connectivity index (χ0v) is 19.7. The molecule has 3 rings (SSSR count). The van der Waals surface area contributed by atoms with Crippen LogP contribution in [0.1, 0.15) is 53.2 Å². The van der Waals surface area contributed by atoms with Gasteiger partial charge in [-0.15, -0.1) is 12.4 Å². The number of nitrogens with zero attached hydrogens (tertiary/aromatic N) is 1. The van der Waals surface area contributed by atoms with Crippen molar-refractivity contribution in [3.05, 3.63) is 69.7 Å². The van der Waals surface area contributed by atoms with E-state index in [0.29, 0.717) is 6.42 Å². The quantitative estimate of drug-likeness (QED) is 0.426. The van der Waals surface area contributed by atoms with Crippen LogP contribution in [0.3, 0.4) is 0 Å². The summed E-state index contributed by atoms with van der Waals surface area (Å²) in [6.45, 7) is 4.91. The van der Waals surface area contributed by atoms with Gasteiger partial charge in [0.1, 0.15) is 0 Å². The number of hydrogen-bond donors (Lipinski definition) is 1. The molecule has 168 valence electrons. The molecule has 1 amide bonds. The van der Waals surface area contributed by atoms with Crippen LogP contribution in [-0.4, -0.2) is 42.8 Å². The molecule has 2 aromatic rings. The van der Waals surface area contributed by atoms with Crippen LogP contribution in [0.4, 0.5) is 0 Å². The molecule has 0 atom stereocenters. The van der Waals surface area contributed by atoms with E-state index in [-0.39, 0.29) is 24.1 Å². The van der Waals surface area contributed by atoms with E-state index < -0.39 is 0 Å². The highest BCUT2D eigenvalue weighted by Crippen LogP contribution is 2.19. The summed E-state index contributed by atoms with van der Waals surface area (Å²) in [6.07, 6.45) is 5.04. The molecule has 1 aliphatic rings. The molecule has 2 aromatic carbocycles. The Morgan fingerprint density at radius 1 is 1.00 bits per heavy atom. The van der Waals surface area contributed by atoms with Gasteiger partial charge in [-0.05, 0) is 74.0 Å². The SMILES string of the molecule is CC(=O)N1CCc2ccc(C(=O)CCCCNCCc3ccccc3Cl)cc2CC1.Cl. The Morgan fingerprint density at radius 2 is 1.74 bits per heavy atom. The first-order chi connectivity index (χ1) is 14.5. The number of carbonyl (C=O) groups excluding carboxylic acids is 2. The number of fused-ring (bicyclic) bond motifs is 1. The molecule has 0 saturated carbocycles. The van der Waals surface area contributed by atoms with Crippen molar-refractivity contribution >= 4 is 35.7 Å². The van der Waals surface area contributed by atoms with Gasteiger partial charge in [-0.3, -0.25) is 9.59 Å². The van der Waals surface area contributed by atoms with E-state index in [1.807, 2.05) is 35.2 Å². The molecule has 1 heterocycles. The summed E-state index contributed by atoms with van der Waals surface area (Å²) in [4.78, 5) is 26.1. The van der Waals surface area contributed by atoms with Crippen molar-refractivity contribution in [1.29, 1.82) is 0 Å². The van der Waals surface area contributed by atoms with E-state index in [9.17, 15) is 9.59 Å². The number of amides is 1. The first kappa shape index (κ1) is 25.4. The molecule has 0 aromatic heterocycles. The van der Waals surface area contributed by atoms with Crippen LogP contribution >= 0.6 is 24.0 Å². The Hall–Kier alpha value is -1.88. The van der Waals surface area contributed by atoms with Crippen molar-refractivity contribution < 1.29 is 9.59 Å². The minimum atomic E-state index is 0. The van der Waals surface area contributed by atoms with Crippen LogP contribution < -0.4 is 5.32 Å². The van der Waals surface area contributed by atoms with Crippen molar-refractivity contribution in [1.82, 2.24) is 10.2 Å². The monoisotopic (exact) mass is 462 g/mol. The highest BCUT2D eigenvalue weighted by molar-refractivity contribution is 6.31. The summed E-state index contributed by atoms with van der Waals surface area (Å²) >= 11 is 6.17. The lowest BCUT2D eigenvalue weighted by atomic mass is 9.97. The molecule has 0 spiro atoms. The van der Waals surface area contributed by atoms with E-state index in [4.69, 9.17) is 11.6 Å². The average molecular weight is 463 g/mol.